The Balaban J connectivity index is 2.16. The van der Waals surface area contributed by atoms with Crippen LogP contribution in [0.4, 0.5) is 0 Å². The summed E-state index contributed by atoms with van der Waals surface area (Å²) in [6.45, 7) is 7.50. The number of likely N-dealkylation sites (tertiary alicyclic amines) is 1. The zero-order valence-electron chi connectivity index (χ0n) is 11.8. The fourth-order valence-corrected chi connectivity index (χ4v) is 2.70. The molecule has 1 heterocycles. The van der Waals surface area contributed by atoms with Crippen molar-refractivity contribution < 1.29 is 14.8 Å². The molecule has 0 radical (unpaired) electrons. The van der Waals surface area contributed by atoms with Gasteiger partial charge in [-0.3, -0.25) is 4.90 Å². The molecular formula is C14H22BNO3. The summed E-state index contributed by atoms with van der Waals surface area (Å²) < 4.78 is 5.35. The normalized spacial score (nSPS) is 23.6. The molecule has 2 atom stereocenters. The van der Waals surface area contributed by atoms with Gasteiger partial charge < -0.3 is 14.8 Å². The van der Waals surface area contributed by atoms with E-state index in [-0.39, 0.29) is 0 Å². The monoisotopic (exact) mass is 263 g/mol. The van der Waals surface area contributed by atoms with Gasteiger partial charge in [-0.05, 0) is 23.4 Å². The van der Waals surface area contributed by atoms with Crippen LogP contribution in [0.2, 0.25) is 0 Å². The van der Waals surface area contributed by atoms with E-state index in [1.165, 1.54) is 0 Å². The second-order valence-corrected chi connectivity index (χ2v) is 5.59. The summed E-state index contributed by atoms with van der Waals surface area (Å²) in [4.78, 5) is 2.39. The first kappa shape index (κ1) is 14.4. The average molecular weight is 263 g/mol. The number of ether oxygens (including phenoxy) is 1. The topological polar surface area (TPSA) is 52.9 Å². The lowest BCUT2D eigenvalue weighted by molar-refractivity contribution is 0.307. The number of hydrogen-bond donors (Lipinski definition) is 2. The van der Waals surface area contributed by atoms with Crippen LogP contribution in [0.15, 0.2) is 18.2 Å². The number of methoxy groups -OCH3 is 1. The number of benzene rings is 1. The van der Waals surface area contributed by atoms with E-state index in [0.29, 0.717) is 17.3 Å². The zero-order chi connectivity index (χ0) is 14.0. The molecule has 1 saturated heterocycles. The van der Waals surface area contributed by atoms with Crippen molar-refractivity contribution in [2.24, 2.45) is 11.8 Å². The van der Waals surface area contributed by atoms with Crippen LogP contribution in [0.1, 0.15) is 19.4 Å². The first-order valence-corrected chi connectivity index (χ1v) is 6.76. The second kappa shape index (κ2) is 5.95. The van der Waals surface area contributed by atoms with Crippen molar-refractivity contribution in [3.8, 4) is 5.75 Å². The minimum atomic E-state index is -1.43. The minimum Gasteiger partial charge on any atom is -0.496 e. The Bertz CT molecular complexity index is 429. The Kier molecular flexibility index (Phi) is 4.50. The average Bonchev–Trinajstić information content (AvgIpc) is 2.68. The fourth-order valence-electron chi connectivity index (χ4n) is 2.70. The summed E-state index contributed by atoms with van der Waals surface area (Å²) in [5.74, 6) is 2.21. The van der Waals surface area contributed by atoms with Crippen molar-refractivity contribution in [3.05, 3.63) is 23.8 Å². The van der Waals surface area contributed by atoms with Gasteiger partial charge in [0.25, 0.3) is 0 Å². The predicted molar refractivity (Wildman–Crippen MR) is 76.4 cm³/mol. The van der Waals surface area contributed by atoms with Gasteiger partial charge in [0, 0.05) is 25.2 Å². The van der Waals surface area contributed by atoms with E-state index < -0.39 is 7.12 Å². The molecule has 5 heteroatoms. The fraction of sp³-hybridized carbons (Fsp3) is 0.571. The molecule has 1 aliphatic rings. The highest BCUT2D eigenvalue weighted by molar-refractivity contribution is 6.58. The van der Waals surface area contributed by atoms with Crippen LogP contribution in [0, 0.1) is 11.8 Å². The highest BCUT2D eigenvalue weighted by Crippen LogP contribution is 2.26. The molecule has 0 amide bonds. The molecule has 1 fully saturated rings. The number of nitrogens with zero attached hydrogens (tertiary/aromatic N) is 1. The second-order valence-electron chi connectivity index (χ2n) is 5.59. The zero-order valence-corrected chi connectivity index (χ0v) is 11.8. The van der Waals surface area contributed by atoms with Gasteiger partial charge >= 0.3 is 7.12 Å². The molecule has 104 valence electrons. The first-order chi connectivity index (χ1) is 9.01. The molecule has 0 aromatic heterocycles. The third kappa shape index (κ3) is 3.29. The molecule has 4 nitrogen and oxygen atoms in total. The highest BCUT2D eigenvalue weighted by atomic mass is 16.5. The van der Waals surface area contributed by atoms with E-state index in [4.69, 9.17) is 4.74 Å². The lowest BCUT2D eigenvalue weighted by Gasteiger charge is -2.18. The largest absolute Gasteiger partial charge is 0.496 e. The van der Waals surface area contributed by atoms with Crippen molar-refractivity contribution in [2.75, 3.05) is 20.2 Å². The van der Waals surface area contributed by atoms with Crippen LogP contribution in [0.5, 0.6) is 5.75 Å². The van der Waals surface area contributed by atoms with E-state index in [1.54, 1.807) is 19.2 Å². The van der Waals surface area contributed by atoms with Gasteiger partial charge in [0.1, 0.15) is 5.75 Å². The third-order valence-corrected chi connectivity index (χ3v) is 4.06. The third-order valence-electron chi connectivity index (χ3n) is 4.06. The molecule has 2 rings (SSSR count). The molecule has 19 heavy (non-hydrogen) atoms. The Labute approximate surface area is 115 Å². The molecular weight excluding hydrogens is 241 g/mol. The maximum atomic E-state index is 9.26. The Morgan fingerprint density at radius 2 is 1.89 bits per heavy atom. The number of hydrogen-bond acceptors (Lipinski definition) is 4. The molecule has 0 bridgehead atoms. The Morgan fingerprint density at radius 3 is 2.42 bits per heavy atom. The quantitative estimate of drug-likeness (QED) is 0.775. The summed E-state index contributed by atoms with van der Waals surface area (Å²) in [7, 11) is 0.212. The standard InChI is InChI=1S/C14H22BNO3/c1-10-7-16(8-11(10)2)9-12-6-13(15(17)18)4-5-14(12)19-3/h4-6,10-11,17-18H,7-9H2,1-3H3. The summed E-state index contributed by atoms with van der Waals surface area (Å²) in [5.41, 5.74) is 1.52. The molecule has 2 unspecified atom stereocenters. The van der Waals surface area contributed by atoms with Crippen LogP contribution < -0.4 is 10.2 Å². The lowest BCUT2D eigenvalue weighted by atomic mass is 9.79. The van der Waals surface area contributed by atoms with Gasteiger partial charge in [0.15, 0.2) is 0 Å². The van der Waals surface area contributed by atoms with Crippen molar-refractivity contribution in [3.63, 3.8) is 0 Å². The van der Waals surface area contributed by atoms with Gasteiger partial charge in [0.2, 0.25) is 0 Å². The van der Waals surface area contributed by atoms with Crippen LogP contribution in [0.3, 0.4) is 0 Å². The molecule has 1 aromatic rings. The summed E-state index contributed by atoms with van der Waals surface area (Å²) >= 11 is 0. The van der Waals surface area contributed by atoms with E-state index in [9.17, 15) is 10.0 Å². The van der Waals surface area contributed by atoms with Gasteiger partial charge in [-0.1, -0.05) is 26.0 Å². The first-order valence-electron chi connectivity index (χ1n) is 6.76. The van der Waals surface area contributed by atoms with Crippen molar-refractivity contribution in [1.29, 1.82) is 0 Å². The number of rotatable bonds is 4. The molecule has 1 aliphatic heterocycles. The van der Waals surface area contributed by atoms with Gasteiger partial charge in [-0.2, -0.15) is 0 Å². The van der Waals surface area contributed by atoms with E-state index in [2.05, 4.69) is 18.7 Å². The highest BCUT2D eigenvalue weighted by Gasteiger charge is 2.26. The molecule has 1 aromatic carbocycles. The van der Waals surface area contributed by atoms with Crippen LogP contribution >= 0.6 is 0 Å². The Hall–Kier alpha value is -1.04. The van der Waals surface area contributed by atoms with Crippen LogP contribution in [-0.2, 0) is 6.54 Å². The molecule has 0 aliphatic carbocycles. The van der Waals surface area contributed by atoms with Gasteiger partial charge in [0.05, 0.1) is 7.11 Å². The summed E-state index contributed by atoms with van der Waals surface area (Å²) in [6.07, 6.45) is 0. The smallest absolute Gasteiger partial charge is 0.488 e. The maximum Gasteiger partial charge on any atom is 0.488 e. The van der Waals surface area contributed by atoms with Crippen molar-refractivity contribution in [1.82, 2.24) is 4.90 Å². The van der Waals surface area contributed by atoms with Crippen molar-refractivity contribution >= 4 is 12.6 Å². The lowest BCUT2D eigenvalue weighted by Crippen LogP contribution is -2.31. The maximum absolute atomic E-state index is 9.26. The predicted octanol–water partition coefficient (Wildman–Crippen LogP) is 0.463. The van der Waals surface area contributed by atoms with Gasteiger partial charge in [-0.15, -0.1) is 0 Å². The summed E-state index contributed by atoms with van der Waals surface area (Å²) in [5, 5.41) is 18.5. The van der Waals surface area contributed by atoms with E-state index in [1.807, 2.05) is 6.07 Å². The summed E-state index contributed by atoms with van der Waals surface area (Å²) in [6, 6.07) is 5.30. The minimum absolute atomic E-state index is 0.510. The van der Waals surface area contributed by atoms with Crippen molar-refractivity contribution in [2.45, 2.75) is 20.4 Å². The van der Waals surface area contributed by atoms with Gasteiger partial charge in [-0.25, -0.2) is 0 Å². The van der Waals surface area contributed by atoms with Crippen LogP contribution in [-0.4, -0.2) is 42.3 Å². The van der Waals surface area contributed by atoms with E-state index >= 15 is 0 Å². The molecule has 0 spiro atoms. The Morgan fingerprint density at radius 1 is 1.26 bits per heavy atom. The van der Waals surface area contributed by atoms with Crippen LogP contribution in [0.25, 0.3) is 0 Å². The molecule has 2 N–H and O–H groups in total. The molecule has 0 saturated carbocycles. The SMILES string of the molecule is COc1ccc(B(O)O)cc1CN1CC(C)C(C)C1. The van der Waals surface area contributed by atoms with E-state index in [0.717, 1.165) is 30.9 Å².